The van der Waals surface area contributed by atoms with Crippen molar-refractivity contribution in [3.63, 3.8) is 0 Å². The second-order valence-electron chi connectivity index (χ2n) is 4.85. The zero-order chi connectivity index (χ0) is 12.4. The van der Waals surface area contributed by atoms with Crippen LogP contribution in [-0.2, 0) is 19.3 Å². The highest BCUT2D eigenvalue weighted by atomic mass is 16.4. The van der Waals surface area contributed by atoms with Crippen LogP contribution in [0.1, 0.15) is 29.9 Å². The normalized spacial score (nSPS) is 13.8. The van der Waals surface area contributed by atoms with E-state index in [0.717, 1.165) is 30.1 Å². The van der Waals surface area contributed by atoms with Crippen LogP contribution in [0.3, 0.4) is 0 Å². The summed E-state index contributed by atoms with van der Waals surface area (Å²) in [5, 5.41) is 0. The van der Waals surface area contributed by atoms with Crippen LogP contribution >= 0.6 is 0 Å². The van der Waals surface area contributed by atoms with Gasteiger partial charge in [-0.1, -0.05) is 12.1 Å². The van der Waals surface area contributed by atoms with Gasteiger partial charge in [-0.05, 0) is 49.4 Å². The van der Waals surface area contributed by atoms with E-state index in [1.807, 2.05) is 6.20 Å². The lowest BCUT2D eigenvalue weighted by Crippen LogP contribution is -2.00. The van der Waals surface area contributed by atoms with Crippen molar-refractivity contribution in [3.05, 3.63) is 41.4 Å². The standard InChI is InChI=1S/C15H18N2O/c16-8-2-5-15-17-10-14(18-15)13-7-6-11-3-1-4-12(11)9-13/h6-7,9-10H,1-5,8,16H2. The molecule has 0 radical (unpaired) electrons. The Morgan fingerprint density at radius 2 is 2.11 bits per heavy atom. The molecule has 3 nitrogen and oxygen atoms in total. The molecule has 1 aromatic heterocycles. The van der Waals surface area contributed by atoms with Gasteiger partial charge in [0.2, 0.25) is 0 Å². The molecule has 3 rings (SSSR count). The van der Waals surface area contributed by atoms with E-state index in [0.29, 0.717) is 6.54 Å². The van der Waals surface area contributed by atoms with Crippen molar-refractivity contribution in [3.8, 4) is 11.3 Å². The van der Waals surface area contributed by atoms with Gasteiger partial charge in [0.1, 0.15) is 0 Å². The lowest BCUT2D eigenvalue weighted by atomic mass is 10.1. The number of fused-ring (bicyclic) bond motifs is 1. The zero-order valence-electron chi connectivity index (χ0n) is 10.5. The number of oxazole rings is 1. The Labute approximate surface area is 107 Å². The van der Waals surface area contributed by atoms with Crippen molar-refractivity contribution in [2.24, 2.45) is 5.73 Å². The first-order valence-corrected chi connectivity index (χ1v) is 6.64. The van der Waals surface area contributed by atoms with Crippen LogP contribution < -0.4 is 5.73 Å². The average molecular weight is 242 g/mol. The maximum Gasteiger partial charge on any atom is 0.194 e. The molecule has 0 spiro atoms. The Morgan fingerprint density at radius 3 is 3.00 bits per heavy atom. The maximum absolute atomic E-state index is 5.76. The summed E-state index contributed by atoms with van der Waals surface area (Å²) in [5.41, 5.74) is 9.58. The Hall–Kier alpha value is -1.61. The molecule has 0 saturated heterocycles. The summed E-state index contributed by atoms with van der Waals surface area (Å²) in [6, 6.07) is 6.60. The van der Waals surface area contributed by atoms with E-state index in [-0.39, 0.29) is 0 Å². The molecule has 94 valence electrons. The minimum Gasteiger partial charge on any atom is -0.441 e. The van der Waals surface area contributed by atoms with E-state index in [4.69, 9.17) is 10.2 Å². The van der Waals surface area contributed by atoms with Crippen LogP contribution in [0.15, 0.2) is 28.8 Å². The first kappa shape index (κ1) is 11.5. The van der Waals surface area contributed by atoms with E-state index in [9.17, 15) is 0 Å². The predicted octanol–water partition coefficient (Wildman–Crippen LogP) is 2.72. The Bertz CT molecular complexity index is 545. The molecule has 0 unspecified atom stereocenters. The SMILES string of the molecule is NCCCc1ncc(-c2ccc3c(c2)CCC3)o1. The fourth-order valence-corrected chi connectivity index (χ4v) is 2.54. The first-order valence-electron chi connectivity index (χ1n) is 6.64. The van der Waals surface area contributed by atoms with E-state index in [2.05, 4.69) is 23.2 Å². The Morgan fingerprint density at radius 1 is 1.22 bits per heavy atom. The number of rotatable bonds is 4. The predicted molar refractivity (Wildman–Crippen MR) is 71.3 cm³/mol. The number of nitrogens with zero attached hydrogens (tertiary/aromatic N) is 1. The number of aromatic nitrogens is 1. The third-order valence-corrected chi connectivity index (χ3v) is 3.53. The van der Waals surface area contributed by atoms with Crippen molar-refractivity contribution in [2.45, 2.75) is 32.1 Å². The molecular weight excluding hydrogens is 224 g/mol. The van der Waals surface area contributed by atoms with Gasteiger partial charge >= 0.3 is 0 Å². The fourth-order valence-electron chi connectivity index (χ4n) is 2.54. The molecule has 3 heteroatoms. The molecule has 0 bridgehead atoms. The van der Waals surface area contributed by atoms with Crippen molar-refractivity contribution in [1.82, 2.24) is 4.98 Å². The average Bonchev–Trinajstić information content (AvgIpc) is 3.04. The highest BCUT2D eigenvalue weighted by Gasteiger charge is 2.13. The largest absolute Gasteiger partial charge is 0.441 e. The van der Waals surface area contributed by atoms with Gasteiger partial charge in [-0.15, -0.1) is 0 Å². The van der Waals surface area contributed by atoms with E-state index >= 15 is 0 Å². The number of hydrogen-bond donors (Lipinski definition) is 1. The van der Waals surface area contributed by atoms with Gasteiger partial charge in [-0.25, -0.2) is 4.98 Å². The van der Waals surface area contributed by atoms with Gasteiger partial charge < -0.3 is 10.2 Å². The Kier molecular flexibility index (Phi) is 3.15. The Balaban J connectivity index is 1.83. The minimum atomic E-state index is 0.677. The molecule has 1 aliphatic carbocycles. The molecule has 0 saturated carbocycles. The van der Waals surface area contributed by atoms with Gasteiger partial charge in [-0.3, -0.25) is 0 Å². The summed E-state index contributed by atoms with van der Waals surface area (Å²) < 4.78 is 5.76. The number of hydrogen-bond acceptors (Lipinski definition) is 3. The minimum absolute atomic E-state index is 0.677. The topological polar surface area (TPSA) is 52.0 Å². The van der Waals surface area contributed by atoms with E-state index < -0.39 is 0 Å². The summed E-state index contributed by atoms with van der Waals surface area (Å²) in [5.74, 6) is 1.66. The summed E-state index contributed by atoms with van der Waals surface area (Å²) >= 11 is 0. The summed E-state index contributed by atoms with van der Waals surface area (Å²) in [7, 11) is 0. The van der Waals surface area contributed by atoms with Crippen LogP contribution in [-0.4, -0.2) is 11.5 Å². The fraction of sp³-hybridized carbons (Fsp3) is 0.400. The summed E-state index contributed by atoms with van der Waals surface area (Å²) in [6.45, 7) is 0.677. The van der Waals surface area contributed by atoms with E-state index in [1.54, 1.807) is 0 Å². The molecule has 1 aliphatic rings. The summed E-state index contributed by atoms with van der Waals surface area (Å²) in [6.07, 6.45) is 7.25. The van der Waals surface area contributed by atoms with Crippen LogP contribution in [0.5, 0.6) is 0 Å². The van der Waals surface area contributed by atoms with Gasteiger partial charge in [0.15, 0.2) is 11.7 Å². The summed E-state index contributed by atoms with van der Waals surface area (Å²) in [4.78, 5) is 4.30. The zero-order valence-corrected chi connectivity index (χ0v) is 10.5. The highest BCUT2D eigenvalue weighted by Crippen LogP contribution is 2.28. The van der Waals surface area contributed by atoms with Gasteiger partial charge in [0.25, 0.3) is 0 Å². The molecule has 18 heavy (non-hydrogen) atoms. The van der Waals surface area contributed by atoms with Crippen LogP contribution in [0.4, 0.5) is 0 Å². The van der Waals surface area contributed by atoms with Crippen molar-refractivity contribution in [2.75, 3.05) is 6.54 Å². The van der Waals surface area contributed by atoms with Crippen molar-refractivity contribution >= 4 is 0 Å². The molecule has 2 aromatic rings. The monoisotopic (exact) mass is 242 g/mol. The molecule has 0 aliphatic heterocycles. The van der Waals surface area contributed by atoms with Gasteiger partial charge in [-0.2, -0.15) is 0 Å². The molecule has 0 fully saturated rings. The molecule has 0 atom stereocenters. The van der Waals surface area contributed by atoms with Crippen LogP contribution in [0.2, 0.25) is 0 Å². The molecule has 2 N–H and O–H groups in total. The number of nitrogens with two attached hydrogens (primary N) is 1. The quantitative estimate of drug-likeness (QED) is 0.896. The highest BCUT2D eigenvalue weighted by molar-refractivity contribution is 5.59. The number of benzene rings is 1. The number of aryl methyl sites for hydroxylation is 3. The second kappa shape index (κ2) is 4.94. The second-order valence-corrected chi connectivity index (χ2v) is 4.85. The molecule has 0 amide bonds. The van der Waals surface area contributed by atoms with Crippen LogP contribution in [0, 0.1) is 0 Å². The van der Waals surface area contributed by atoms with Gasteiger partial charge in [0.05, 0.1) is 6.20 Å². The lowest BCUT2D eigenvalue weighted by molar-refractivity contribution is 0.499. The van der Waals surface area contributed by atoms with Gasteiger partial charge in [0, 0.05) is 12.0 Å². The van der Waals surface area contributed by atoms with Crippen molar-refractivity contribution < 1.29 is 4.42 Å². The van der Waals surface area contributed by atoms with E-state index in [1.165, 1.54) is 30.4 Å². The smallest absolute Gasteiger partial charge is 0.194 e. The third-order valence-electron chi connectivity index (χ3n) is 3.53. The first-order chi connectivity index (χ1) is 8.86. The lowest BCUT2D eigenvalue weighted by Gasteiger charge is -2.01. The molecular formula is C15H18N2O. The third kappa shape index (κ3) is 2.18. The van der Waals surface area contributed by atoms with Crippen LogP contribution in [0.25, 0.3) is 11.3 Å². The molecule has 1 aromatic carbocycles. The maximum atomic E-state index is 5.76. The van der Waals surface area contributed by atoms with Crippen molar-refractivity contribution in [1.29, 1.82) is 0 Å². The molecule has 1 heterocycles.